The fourth-order valence-electron chi connectivity index (χ4n) is 1.01. The van der Waals surface area contributed by atoms with Crippen molar-refractivity contribution in [2.24, 2.45) is 0 Å². The van der Waals surface area contributed by atoms with Gasteiger partial charge in [-0.25, -0.2) is 0 Å². The zero-order valence-corrected chi connectivity index (χ0v) is 7.80. The third-order valence-corrected chi connectivity index (χ3v) is 1.72. The summed E-state index contributed by atoms with van der Waals surface area (Å²) in [5.74, 6) is 6.01. The van der Waals surface area contributed by atoms with Crippen LogP contribution < -0.4 is 11.5 Å². The van der Waals surface area contributed by atoms with Crippen LogP contribution in [0.1, 0.15) is 25.3 Å². The summed E-state index contributed by atoms with van der Waals surface area (Å²) in [6.45, 7) is 2.09. The van der Waals surface area contributed by atoms with E-state index in [-0.39, 0.29) is 0 Å². The van der Waals surface area contributed by atoms with Gasteiger partial charge in [0.1, 0.15) is 0 Å². The zero-order valence-electron chi connectivity index (χ0n) is 7.80. The first kappa shape index (κ1) is 9.47. The smallest absolute Gasteiger partial charge is 0.0704 e. The van der Waals surface area contributed by atoms with Crippen LogP contribution in [0.5, 0.6) is 0 Å². The molecule has 0 amide bonds. The van der Waals surface area contributed by atoms with E-state index in [1.54, 1.807) is 0 Å². The summed E-state index contributed by atoms with van der Waals surface area (Å²) in [5.41, 5.74) is 13.5. The Bertz CT molecular complexity index is 325. The van der Waals surface area contributed by atoms with E-state index in [0.717, 1.165) is 18.4 Å². The molecule has 0 aliphatic rings. The number of nitrogens with two attached hydrogens (primary N) is 2. The lowest BCUT2D eigenvalue weighted by atomic mass is 10.1. The Morgan fingerprint density at radius 1 is 1.23 bits per heavy atom. The van der Waals surface area contributed by atoms with Gasteiger partial charge in [0, 0.05) is 17.8 Å². The van der Waals surface area contributed by atoms with E-state index in [4.69, 9.17) is 11.5 Å². The van der Waals surface area contributed by atoms with Gasteiger partial charge in [0.05, 0.1) is 5.56 Å². The van der Waals surface area contributed by atoms with E-state index >= 15 is 0 Å². The molecule has 1 rings (SSSR count). The fourth-order valence-corrected chi connectivity index (χ4v) is 1.01. The van der Waals surface area contributed by atoms with Gasteiger partial charge in [-0.05, 0) is 18.6 Å². The second-order valence-corrected chi connectivity index (χ2v) is 2.86. The number of benzene rings is 1. The molecule has 1 aromatic carbocycles. The van der Waals surface area contributed by atoms with Crippen LogP contribution in [0.15, 0.2) is 18.2 Å². The molecule has 0 fully saturated rings. The van der Waals surface area contributed by atoms with Crippen molar-refractivity contribution < 1.29 is 0 Å². The first-order valence-electron chi connectivity index (χ1n) is 4.38. The minimum absolute atomic E-state index is 0.656. The molecule has 0 atom stereocenters. The Morgan fingerprint density at radius 2 is 1.85 bits per heavy atom. The van der Waals surface area contributed by atoms with Crippen molar-refractivity contribution in [2.75, 3.05) is 11.5 Å². The van der Waals surface area contributed by atoms with Crippen molar-refractivity contribution in [3.05, 3.63) is 23.8 Å². The maximum atomic E-state index is 5.72. The summed E-state index contributed by atoms with van der Waals surface area (Å²) in [6, 6.07) is 5.45. The van der Waals surface area contributed by atoms with E-state index in [1.165, 1.54) is 0 Å². The third-order valence-electron chi connectivity index (χ3n) is 1.72. The van der Waals surface area contributed by atoms with E-state index in [9.17, 15) is 0 Å². The number of anilines is 2. The lowest BCUT2D eigenvalue weighted by molar-refractivity contribution is 0.983. The predicted molar refractivity (Wildman–Crippen MR) is 57.1 cm³/mol. The summed E-state index contributed by atoms with van der Waals surface area (Å²) in [5, 5.41) is 0. The number of hydrogen-bond donors (Lipinski definition) is 2. The highest BCUT2D eigenvalue weighted by molar-refractivity contribution is 5.68. The topological polar surface area (TPSA) is 52.0 Å². The predicted octanol–water partition coefficient (Wildman–Crippen LogP) is 2.00. The van der Waals surface area contributed by atoms with Gasteiger partial charge in [-0.3, -0.25) is 0 Å². The fraction of sp³-hybridized carbons (Fsp3) is 0.273. The Morgan fingerprint density at radius 3 is 2.38 bits per heavy atom. The van der Waals surface area contributed by atoms with Crippen LogP contribution in [-0.4, -0.2) is 0 Å². The molecule has 0 saturated heterocycles. The molecule has 0 heterocycles. The maximum Gasteiger partial charge on any atom is 0.0704 e. The highest BCUT2D eigenvalue weighted by Crippen LogP contribution is 2.17. The molecule has 0 radical (unpaired) electrons. The van der Waals surface area contributed by atoms with Crippen LogP contribution in [0, 0.1) is 11.8 Å². The van der Waals surface area contributed by atoms with Gasteiger partial charge in [-0.2, -0.15) is 0 Å². The molecule has 13 heavy (non-hydrogen) atoms. The summed E-state index contributed by atoms with van der Waals surface area (Å²) in [4.78, 5) is 0. The standard InChI is InChI=1S/C11H14N2/c1-2-3-4-6-9-10(12)7-5-8-11(9)13/h5,7-8H,2-3,12-13H2,1H3. The second kappa shape index (κ2) is 4.42. The molecule has 0 saturated carbocycles. The minimum Gasteiger partial charge on any atom is -0.398 e. The van der Waals surface area contributed by atoms with Crippen molar-refractivity contribution in [1.29, 1.82) is 0 Å². The SMILES string of the molecule is CCCC#Cc1c(N)cccc1N. The van der Waals surface area contributed by atoms with Crippen molar-refractivity contribution in [3.8, 4) is 11.8 Å². The molecule has 68 valence electrons. The average Bonchev–Trinajstić information content (AvgIpc) is 2.10. The molecule has 1 aromatic rings. The Balaban J connectivity index is 2.95. The van der Waals surface area contributed by atoms with Gasteiger partial charge in [0.2, 0.25) is 0 Å². The molecule has 0 aliphatic carbocycles. The number of nitrogen functional groups attached to an aromatic ring is 2. The molecule has 0 aliphatic heterocycles. The Labute approximate surface area is 78.9 Å². The average molecular weight is 174 g/mol. The van der Waals surface area contributed by atoms with Crippen molar-refractivity contribution in [1.82, 2.24) is 0 Å². The second-order valence-electron chi connectivity index (χ2n) is 2.86. The van der Waals surface area contributed by atoms with E-state index in [0.29, 0.717) is 11.4 Å². The van der Waals surface area contributed by atoms with Gasteiger partial charge >= 0.3 is 0 Å². The maximum absolute atomic E-state index is 5.72. The van der Waals surface area contributed by atoms with Crippen LogP contribution >= 0.6 is 0 Å². The highest BCUT2D eigenvalue weighted by atomic mass is 14.6. The van der Waals surface area contributed by atoms with Gasteiger partial charge in [-0.15, -0.1) is 0 Å². The molecule has 0 aromatic heterocycles. The van der Waals surface area contributed by atoms with Crippen molar-refractivity contribution >= 4 is 11.4 Å². The van der Waals surface area contributed by atoms with Crippen LogP contribution in [0.4, 0.5) is 11.4 Å². The molecule has 0 bridgehead atoms. The quantitative estimate of drug-likeness (QED) is 0.505. The number of unbranched alkanes of at least 4 members (excludes halogenated alkanes) is 1. The molecule has 2 nitrogen and oxygen atoms in total. The van der Waals surface area contributed by atoms with E-state index in [1.807, 2.05) is 18.2 Å². The highest BCUT2D eigenvalue weighted by Gasteiger charge is 1.97. The Kier molecular flexibility index (Phi) is 3.22. The lowest BCUT2D eigenvalue weighted by Gasteiger charge is -2.00. The number of rotatable bonds is 1. The largest absolute Gasteiger partial charge is 0.398 e. The van der Waals surface area contributed by atoms with E-state index in [2.05, 4.69) is 18.8 Å². The van der Waals surface area contributed by atoms with Crippen molar-refractivity contribution in [2.45, 2.75) is 19.8 Å². The lowest BCUT2D eigenvalue weighted by Crippen LogP contribution is -1.95. The molecule has 0 unspecified atom stereocenters. The monoisotopic (exact) mass is 174 g/mol. The third kappa shape index (κ3) is 2.41. The van der Waals surface area contributed by atoms with E-state index < -0.39 is 0 Å². The number of hydrogen-bond acceptors (Lipinski definition) is 2. The normalized spacial score (nSPS) is 9.00. The van der Waals surface area contributed by atoms with Crippen LogP contribution in [0.2, 0.25) is 0 Å². The van der Waals surface area contributed by atoms with Gasteiger partial charge in [-0.1, -0.05) is 24.8 Å². The zero-order chi connectivity index (χ0) is 9.68. The molecular formula is C11H14N2. The molecule has 4 N–H and O–H groups in total. The van der Waals surface area contributed by atoms with Gasteiger partial charge < -0.3 is 11.5 Å². The first-order chi connectivity index (χ1) is 6.25. The van der Waals surface area contributed by atoms with Crippen LogP contribution in [0.3, 0.4) is 0 Å². The van der Waals surface area contributed by atoms with Gasteiger partial charge in [0.15, 0.2) is 0 Å². The Hall–Kier alpha value is -1.62. The minimum atomic E-state index is 0.656. The molecule has 2 heteroatoms. The van der Waals surface area contributed by atoms with Crippen LogP contribution in [-0.2, 0) is 0 Å². The summed E-state index contributed by atoms with van der Waals surface area (Å²) >= 11 is 0. The molecule has 0 spiro atoms. The summed E-state index contributed by atoms with van der Waals surface area (Å²) in [7, 11) is 0. The van der Waals surface area contributed by atoms with Crippen LogP contribution in [0.25, 0.3) is 0 Å². The van der Waals surface area contributed by atoms with Gasteiger partial charge in [0.25, 0.3) is 0 Å². The summed E-state index contributed by atoms with van der Waals surface area (Å²) in [6.07, 6.45) is 1.94. The summed E-state index contributed by atoms with van der Waals surface area (Å²) < 4.78 is 0. The molecular weight excluding hydrogens is 160 g/mol. The van der Waals surface area contributed by atoms with Crippen molar-refractivity contribution in [3.63, 3.8) is 0 Å². The first-order valence-corrected chi connectivity index (χ1v) is 4.38.